The van der Waals surface area contributed by atoms with Crippen molar-refractivity contribution in [1.82, 2.24) is 4.98 Å². The molecule has 12 heavy (non-hydrogen) atoms. The minimum atomic E-state index is -0.510. The summed E-state index contributed by atoms with van der Waals surface area (Å²) < 4.78 is 12.6. The average molecular weight is 183 g/mol. The van der Waals surface area contributed by atoms with Crippen molar-refractivity contribution in [2.24, 2.45) is 0 Å². The smallest absolute Gasteiger partial charge is 0.214 e. The maximum absolute atomic E-state index is 12.6. The quantitative estimate of drug-likeness (QED) is 0.610. The van der Waals surface area contributed by atoms with Crippen LogP contribution in [0, 0.1) is 5.95 Å². The van der Waals surface area contributed by atoms with Crippen molar-refractivity contribution in [3.8, 4) is 0 Å². The van der Waals surface area contributed by atoms with Crippen LogP contribution < -0.4 is 11.5 Å². The van der Waals surface area contributed by atoms with Crippen LogP contribution >= 0.6 is 11.3 Å². The van der Waals surface area contributed by atoms with E-state index in [1.165, 1.54) is 17.4 Å². The van der Waals surface area contributed by atoms with E-state index in [-0.39, 0.29) is 0 Å². The van der Waals surface area contributed by atoms with E-state index < -0.39 is 5.95 Å². The molecule has 0 aliphatic carbocycles. The average Bonchev–Trinajstić information content (AvgIpc) is 2.28. The van der Waals surface area contributed by atoms with Gasteiger partial charge in [-0.05, 0) is 12.1 Å². The van der Waals surface area contributed by atoms with Crippen LogP contribution in [0.5, 0.6) is 0 Å². The highest BCUT2D eigenvalue weighted by atomic mass is 32.1. The number of hydrogen-bond acceptors (Lipinski definition) is 4. The van der Waals surface area contributed by atoms with Gasteiger partial charge < -0.3 is 11.5 Å². The first-order chi connectivity index (χ1) is 5.68. The van der Waals surface area contributed by atoms with Crippen LogP contribution in [0.4, 0.5) is 15.1 Å². The molecule has 2 rings (SSSR count). The predicted octanol–water partition coefficient (Wildman–Crippen LogP) is 1.60. The number of thiophene rings is 1. The zero-order valence-corrected chi connectivity index (χ0v) is 6.86. The summed E-state index contributed by atoms with van der Waals surface area (Å²) in [6.07, 6.45) is 0. The molecular formula is C7H6FN3S. The molecule has 2 aromatic heterocycles. The fourth-order valence-electron chi connectivity index (χ4n) is 0.993. The molecule has 4 N–H and O–H groups in total. The second-order valence-corrected chi connectivity index (χ2v) is 3.40. The van der Waals surface area contributed by atoms with Crippen molar-refractivity contribution in [2.45, 2.75) is 0 Å². The topological polar surface area (TPSA) is 64.9 Å². The van der Waals surface area contributed by atoms with Gasteiger partial charge in [-0.3, -0.25) is 0 Å². The lowest BCUT2D eigenvalue weighted by Crippen LogP contribution is -1.88. The largest absolute Gasteiger partial charge is 0.396 e. The van der Waals surface area contributed by atoms with E-state index >= 15 is 0 Å². The van der Waals surface area contributed by atoms with Gasteiger partial charge in [-0.2, -0.15) is 4.39 Å². The van der Waals surface area contributed by atoms with Gasteiger partial charge in [-0.25, -0.2) is 4.98 Å². The Kier molecular flexibility index (Phi) is 1.41. The van der Waals surface area contributed by atoms with E-state index in [0.717, 1.165) is 5.39 Å². The number of rotatable bonds is 0. The Hall–Kier alpha value is -1.36. The third kappa shape index (κ3) is 0.902. The Morgan fingerprint density at radius 1 is 1.33 bits per heavy atom. The van der Waals surface area contributed by atoms with Crippen molar-refractivity contribution < 1.29 is 4.39 Å². The molecule has 0 aliphatic rings. The third-order valence-electron chi connectivity index (χ3n) is 1.59. The maximum Gasteiger partial charge on any atom is 0.214 e. The molecule has 0 saturated heterocycles. The lowest BCUT2D eigenvalue weighted by Gasteiger charge is -1.90. The Bertz CT molecular complexity index is 437. The second kappa shape index (κ2) is 2.31. The number of halogens is 1. The van der Waals surface area contributed by atoms with Gasteiger partial charge in [0.15, 0.2) is 0 Å². The number of nitrogens with two attached hydrogens (primary N) is 2. The van der Waals surface area contributed by atoms with Gasteiger partial charge in [-0.1, -0.05) is 11.3 Å². The predicted molar refractivity (Wildman–Crippen MR) is 48.4 cm³/mol. The first kappa shape index (κ1) is 7.30. The molecule has 0 atom stereocenters. The Morgan fingerprint density at radius 2 is 2.08 bits per heavy atom. The van der Waals surface area contributed by atoms with E-state index in [0.29, 0.717) is 15.5 Å². The number of pyridine rings is 1. The lowest BCUT2D eigenvalue weighted by molar-refractivity contribution is 0.590. The minimum Gasteiger partial charge on any atom is -0.396 e. The van der Waals surface area contributed by atoms with Crippen molar-refractivity contribution >= 4 is 32.2 Å². The summed E-state index contributed by atoms with van der Waals surface area (Å²) in [7, 11) is 0. The maximum atomic E-state index is 12.6. The first-order valence-electron chi connectivity index (χ1n) is 3.28. The summed E-state index contributed by atoms with van der Waals surface area (Å²) in [5, 5.41) is 1.21. The molecule has 0 unspecified atom stereocenters. The minimum absolute atomic E-state index is 0.488. The van der Waals surface area contributed by atoms with E-state index in [1.807, 2.05) is 0 Å². The van der Waals surface area contributed by atoms with Gasteiger partial charge in [0, 0.05) is 5.39 Å². The second-order valence-electron chi connectivity index (χ2n) is 2.37. The Balaban J connectivity index is 2.87. The highest BCUT2D eigenvalue weighted by Crippen LogP contribution is 2.34. The SMILES string of the molecule is Nc1sc2nc(F)ccc2c1N. The van der Waals surface area contributed by atoms with Crippen LogP contribution in [0.25, 0.3) is 10.2 Å². The van der Waals surface area contributed by atoms with Gasteiger partial charge in [0.1, 0.15) is 9.83 Å². The molecule has 2 aromatic rings. The third-order valence-corrected chi connectivity index (χ3v) is 2.53. The molecule has 0 aliphatic heterocycles. The fraction of sp³-hybridized carbons (Fsp3) is 0. The zero-order valence-electron chi connectivity index (χ0n) is 6.04. The van der Waals surface area contributed by atoms with Crippen molar-refractivity contribution in [2.75, 3.05) is 11.5 Å². The van der Waals surface area contributed by atoms with Crippen LogP contribution in [0.2, 0.25) is 0 Å². The summed E-state index contributed by atoms with van der Waals surface area (Å²) in [4.78, 5) is 4.20. The standard InChI is InChI=1S/C7H6FN3S/c8-4-2-1-3-5(9)6(10)12-7(3)11-4/h1-2H,9-10H2. The van der Waals surface area contributed by atoms with E-state index in [9.17, 15) is 4.39 Å². The molecule has 0 saturated carbocycles. The van der Waals surface area contributed by atoms with Crippen LogP contribution in [0.15, 0.2) is 12.1 Å². The van der Waals surface area contributed by atoms with E-state index in [4.69, 9.17) is 11.5 Å². The molecular weight excluding hydrogens is 177 g/mol. The Morgan fingerprint density at radius 3 is 2.83 bits per heavy atom. The Labute approximate surface area is 71.8 Å². The van der Waals surface area contributed by atoms with Crippen LogP contribution in [-0.2, 0) is 0 Å². The highest BCUT2D eigenvalue weighted by Gasteiger charge is 2.07. The molecule has 0 spiro atoms. The summed E-state index contributed by atoms with van der Waals surface area (Å²) >= 11 is 1.19. The number of hydrogen-bond donors (Lipinski definition) is 2. The summed E-state index contributed by atoms with van der Waals surface area (Å²) in [5.74, 6) is -0.510. The molecule has 0 aromatic carbocycles. The van der Waals surface area contributed by atoms with Gasteiger partial charge in [0.05, 0.1) is 5.69 Å². The van der Waals surface area contributed by atoms with Gasteiger partial charge in [-0.15, -0.1) is 0 Å². The monoisotopic (exact) mass is 183 g/mol. The lowest BCUT2D eigenvalue weighted by atomic mass is 10.3. The number of nitrogens with zero attached hydrogens (tertiary/aromatic N) is 1. The summed E-state index contributed by atoms with van der Waals surface area (Å²) in [5.41, 5.74) is 11.6. The highest BCUT2D eigenvalue weighted by molar-refractivity contribution is 7.23. The van der Waals surface area contributed by atoms with E-state index in [2.05, 4.69) is 4.98 Å². The fourth-order valence-corrected chi connectivity index (χ4v) is 1.84. The normalized spacial score (nSPS) is 10.8. The molecule has 3 nitrogen and oxygen atoms in total. The van der Waals surface area contributed by atoms with Gasteiger partial charge >= 0.3 is 0 Å². The molecule has 0 bridgehead atoms. The van der Waals surface area contributed by atoms with Crippen LogP contribution in [-0.4, -0.2) is 4.98 Å². The first-order valence-corrected chi connectivity index (χ1v) is 4.10. The summed E-state index contributed by atoms with van der Waals surface area (Å²) in [6, 6.07) is 2.85. The molecule has 62 valence electrons. The molecule has 0 radical (unpaired) electrons. The molecule has 2 heterocycles. The van der Waals surface area contributed by atoms with Gasteiger partial charge in [0.25, 0.3) is 0 Å². The van der Waals surface area contributed by atoms with Crippen molar-refractivity contribution in [1.29, 1.82) is 0 Å². The summed E-state index contributed by atoms with van der Waals surface area (Å²) in [6.45, 7) is 0. The van der Waals surface area contributed by atoms with E-state index in [1.54, 1.807) is 6.07 Å². The van der Waals surface area contributed by atoms with Gasteiger partial charge in [0.2, 0.25) is 5.95 Å². The number of nitrogen functional groups attached to an aromatic ring is 2. The number of fused-ring (bicyclic) bond motifs is 1. The van der Waals surface area contributed by atoms with Crippen LogP contribution in [0.3, 0.4) is 0 Å². The number of aromatic nitrogens is 1. The molecule has 5 heteroatoms. The zero-order chi connectivity index (χ0) is 8.72. The molecule has 0 amide bonds. The van der Waals surface area contributed by atoms with Crippen molar-refractivity contribution in [3.05, 3.63) is 18.1 Å². The van der Waals surface area contributed by atoms with Crippen molar-refractivity contribution in [3.63, 3.8) is 0 Å². The molecule has 0 fully saturated rings. The van der Waals surface area contributed by atoms with Crippen LogP contribution in [0.1, 0.15) is 0 Å². The number of anilines is 2.